The number of hydrogen-bond donors (Lipinski definition) is 0. The molecule has 2 aromatic heterocycles. The summed E-state index contributed by atoms with van der Waals surface area (Å²) in [5.74, 6) is 1.70. The molecule has 20 heavy (non-hydrogen) atoms. The molecule has 1 saturated heterocycles. The van der Waals surface area contributed by atoms with Gasteiger partial charge in [0, 0.05) is 32.4 Å². The van der Waals surface area contributed by atoms with E-state index in [-0.39, 0.29) is 0 Å². The van der Waals surface area contributed by atoms with Crippen LogP contribution in [0.1, 0.15) is 24.4 Å². The standard InChI is InChI=1S/C14H22ClN5/c1-11-13-14(18(2)17-11)20(12(16-13)5-6-15)10-9-19-7-3-4-8-19/h3-10H2,1-2H3. The third-order valence-corrected chi connectivity index (χ3v) is 4.31. The zero-order valence-electron chi connectivity index (χ0n) is 12.3. The van der Waals surface area contributed by atoms with Gasteiger partial charge in [0.15, 0.2) is 5.65 Å². The van der Waals surface area contributed by atoms with Crippen molar-refractivity contribution in [2.24, 2.45) is 7.05 Å². The van der Waals surface area contributed by atoms with Crippen LogP contribution in [0, 0.1) is 6.92 Å². The maximum atomic E-state index is 5.92. The first-order valence-electron chi connectivity index (χ1n) is 7.37. The minimum Gasteiger partial charge on any atom is -0.312 e. The van der Waals surface area contributed by atoms with Crippen molar-refractivity contribution in [2.45, 2.75) is 32.7 Å². The summed E-state index contributed by atoms with van der Waals surface area (Å²) in [6.45, 7) is 6.54. The van der Waals surface area contributed by atoms with Gasteiger partial charge in [-0.1, -0.05) is 0 Å². The summed E-state index contributed by atoms with van der Waals surface area (Å²) in [5, 5.41) is 4.48. The molecule has 0 saturated carbocycles. The molecule has 1 aliphatic heterocycles. The van der Waals surface area contributed by atoms with Crippen LogP contribution >= 0.6 is 11.6 Å². The molecule has 0 spiro atoms. The number of aryl methyl sites for hydroxylation is 3. The van der Waals surface area contributed by atoms with Gasteiger partial charge in [-0.15, -0.1) is 11.6 Å². The van der Waals surface area contributed by atoms with Gasteiger partial charge in [0.05, 0.1) is 5.69 Å². The summed E-state index contributed by atoms with van der Waals surface area (Å²) in [5.41, 5.74) is 3.15. The molecule has 3 rings (SSSR count). The summed E-state index contributed by atoms with van der Waals surface area (Å²) < 4.78 is 4.25. The van der Waals surface area contributed by atoms with Crippen LogP contribution in [0.15, 0.2) is 0 Å². The lowest BCUT2D eigenvalue weighted by molar-refractivity contribution is 0.321. The van der Waals surface area contributed by atoms with Crippen molar-refractivity contribution < 1.29 is 0 Å². The Morgan fingerprint density at radius 2 is 1.95 bits per heavy atom. The van der Waals surface area contributed by atoms with Crippen molar-refractivity contribution in [1.82, 2.24) is 24.2 Å². The van der Waals surface area contributed by atoms with Crippen LogP contribution in [0.25, 0.3) is 11.2 Å². The van der Waals surface area contributed by atoms with Gasteiger partial charge in [0.25, 0.3) is 0 Å². The Kier molecular flexibility index (Phi) is 3.98. The first kappa shape index (κ1) is 13.9. The highest BCUT2D eigenvalue weighted by atomic mass is 35.5. The Morgan fingerprint density at radius 3 is 2.65 bits per heavy atom. The molecule has 1 fully saturated rings. The van der Waals surface area contributed by atoms with Gasteiger partial charge in [-0.25, -0.2) is 4.98 Å². The molecule has 110 valence electrons. The van der Waals surface area contributed by atoms with Crippen LogP contribution in [0.2, 0.25) is 0 Å². The van der Waals surface area contributed by atoms with Gasteiger partial charge in [-0.3, -0.25) is 4.68 Å². The molecular formula is C14H22ClN5. The first-order valence-corrected chi connectivity index (χ1v) is 7.91. The second-order valence-corrected chi connectivity index (χ2v) is 5.93. The highest BCUT2D eigenvalue weighted by Gasteiger charge is 2.18. The minimum absolute atomic E-state index is 0.611. The number of halogens is 1. The summed E-state index contributed by atoms with van der Waals surface area (Å²) in [6, 6.07) is 0. The molecule has 2 aromatic rings. The van der Waals surface area contributed by atoms with Crippen molar-refractivity contribution in [3.05, 3.63) is 11.5 Å². The third kappa shape index (κ3) is 2.44. The topological polar surface area (TPSA) is 38.9 Å². The Bertz CT molecular complexity index is 594. The zero-order chi connectivity index (χ0) is 14.1. The predicted molar refractivity (Wildman–Crippen MR) is 81.3 cm³/mol. The van der Waals surface area contributed by atoms with E-state index in [1.807, 2.05) is 18.7 Å². The van der Waals surface area contributed by atoms with Gasteiger partial charge in [-0.2, -0.15) is 5.10 Å². The smallest absolute Gasteiger partial charge is 0.158 e. The lowest BCUT2D eigenvalue weighted by Gasteiger charge is -2.16. The fourth-order valence-electron chi connectivity index (χ4n) is 3.14. The van der Waals surface area contributed by atoms with Crippen molar-refractivity contribution in [1.29, 1.82) is 0 Å². The van der Waals surface area contributed by atoms with E-state index in [9.17, 15) is 0 Å². The van der Waals surface area contributed by atoms with E-state index in [1.165, 1.54) is 25.9 Å². The highest BCUT2D eigenvalue weighted by Crippen LogP contribution is 2.20. The van der Waals surface area contributed by atoms with E-state index in [1.54, 1.807) is 0 Å². The van der Waals surface area contributed by atoms with E-state index in [4.69, 9.17) is 16.6 Å². The van der Waals surface area contributed by atoms with E-state index in [0.29, 0.717) is 5.88 Å². The number of alkyl halides is 1. The van der Waals surface area contributed by atoms with Crippen LogP contribution in [-0.2, 0) is 20.0 Å². The molecule has 0 amide bonds. The molecule has 1 aliphatic rings. The Hall–Kier alpha value is -1.07. The summed E-state index contributed by atoms with van der Waals surface area (Å²) in [4.78, 5) is 7.27. The number of fused-ring (bicyclic) bond motifs is 1. The third-order valence-electron chi connectivity index (χ3n) is 4.13. The number of rotatable bonds is 5. The normalized spacial score (nSPS) is 16.6. The molecule has 0 N–H and O–H groups in total. The fraction of sp³-hybridized carbons (Fsp3) is 0.714. The molecule has 0 unspecified atom stereocenters. The molecule has 0 aromatic carbocycles. The van der Waals surface area contributed by atoms with Crippen molar-refractivity contribution in [3.8, 4) is 0 Å². The van der Waals surface area contributed by atoms with E-state index in [0.717, 1.165) is 42.2 Å². The molecule has 3 heterocycles. The highest BCUT2D eigenvalue weighted by molar-refractivity contribution is 6.17. The largest absolute Gasteiger partial charge is 0.312 e. The Labute approximate surface area is 124 Å². The number of nitrogens with zero attached hydrogens (tertiary/aromatic N) is 5. The minimum atomic E-state index is 0.611. The van der Waals surface area contributed by atoms with Gasteiger partial charge < -0.3 is 9.47 Å². The number of imidazole rings is 1. The van der Waals surface area contributed by atoms with Crippen LogP contribution in [0.5, 0.6) is 0 Å². The van der Waals surface area contributed by atoms with E-state index < -0.39 is 0 Å². The summed E-state index contributed by atoms with van der Waals surface area (Å²) in [6.07, 6.45) is 3.48. The first-order chi connectivity index (χ1) is 9.70. The van der Waals surface area contributed by atoms with Crippen LogP contribution in [0.3, 0.4) is 0 Å². The molecule has 6 heteroatoms. The molecule has 5 nitrogen and oxygen atoms in total. The average Bonchev–Trinajstić information content (AvgIpc) is 3.08. The van der Waals surface area contributed by atoms with Crippen LogP contribution in [-0.4, -0.2) is 49.7 Å². The SMILES string of the molecule is Cc1nn(C)c2c1nc(CCCl)n2CCN1CCCC1. The van der Waals surface area contributed by atoms with E-state index >= 15 is 0 Å². The molecular weight excluding hydrogens is 274 g/mol. The van der Waals surface area contributed by atoms with Crippen LogP contribution in [0.4, 0.5) is 0 Å². The van der Waals surface area contributed by atoms with Crippen molar-refractivity contribution in [2.75, 3.05) is 25.5 Å². The quantitative estimate of drug-likeness (QED) is 0.792. The van der Waals surface area contributed by atoms with E-state index in [2.05, 4.69) is 14.6 Å². The number of hydrogen-bond acceptors (Lipinski definition) is 3. The Morgan fingerprint density at radius 1 is 1.20 bits per heavy atom. The maximum absolute atomic E-state index is 5.92. The molecule has 0 aliphatic carbocycles. The second-order valence-electron chi connectivity index (χ2n) is 5.55. The second kappa shape index (κ2) is 5.74. The lowest BCUT2D eigenvalue weighted by atomic mass is 10.4. The van der Waals surface area contributed by atoms with Gasteiger partial charge in [-0.05, 0) is 32.9 Å². The molecule has 0 bridgehead atoms. The molecule has 0 atom stereocenters. The maximum Gasteiger partial charge on any atom is 0.158 e. The predicted octanol–water partition coefficient (Wildman–Crippen LogP) is 1.96. The van der Waals surface area contributed by atoms with Crippen molar-refractivity contribution >= 4 is 22.8 Å². The van der Waals surface area contributed by atoms with Gasteiger partial charge >= 0.3 is 0 Å². The van der Waals surface area contributed by atoms with Gasteiger partial charge in [0.2, 0.25) is 0 Å². The monoisotopic (exact) mass is 295 g/mol. The number of aromatic nitrogens is 4. The average molecular weight is 296 g/mol. The molecule has 0 radical (unpaired) electrons. The summed E-state index contributed by atoms with van der Waals surface area (Å²) >= 11 is 5.92. The van der Waals surface area contributed by atoms with Gasteiger partial charge in [0.1, 0.15) is 11.3 Å². The summed E-state index contributed by atoms with van der Waals surface area (Å²) in [7, 11) is 1.99. The van der Waals surface area contributed by atoms with Crippen molar-refractivity contribution in [3.63, 3.8) is 0 Å². The fourth-order valence-corrected chi connectivity index (χ4v) is 3.31. The Balaban J connectivity index is 1.90. The number of likely N-dealkylation sites (tertiary alicyclic amines) is 1. The van der Waals surface area contributed by atoms with Crippen LogP contribution < -0.4 is 0 Å². The lowest BCUT2D eigenvalue weighted by Crippen LogP contribution is -2.25. The zero-order valence-corrected chi connectivity index (χ0v) is 13.0.